The van der Waals surface area contributed by atoms with Crippen molar-refractivity contribution < 1.29 is 82.0 Å². The number of hydrogen-bond acceptors (Lipinski definition) is 17. The number of nitrogens with one attached hydrogen (secondary N) is 2. The van der Waals surface area contributed by atoms with E-state index in [0.29, 0.717) is 49.2 Å². The number of hydrogen-bond donors (Lipinski definition) is 5. The summed E-state index contributed by atoms with van der Waals surface area (Å²) in [7, 11) is 5.95. The number of likely N-dealkylation sites (N-methyl/N-ethyl adjacent to an activating group) is 1. The maximum Gasteiger partial charge on any atom is 0.409 e. The number of methoxy groups -OCH3 is 2. The van der Waals surface area contributed by atoms with Crippen LogP contribution in [-0.4, -0.2) is 190 Å². The van der Waals surface area contributed by atoms with Crippen LogP contribution in [-0.2, 0) is 63.6 Å². The van der Waals surface area contributed by atoms with Gasteiger partial charge in [0.2, 0.25) is 17.7 Å². The number of benzene rings is 1. The van der Waals surface area contributed by atoms with E-state index in [9.17, 15) is 33.9 Å². The molecule has 4 rings (SSSR count). The highest BCUT2D eigenvalue weighted by molar-refractivity contribution is 7.99. The summed E-state index contributed by atoms with van der Waals surface area (Å²) < 4.78 is 45.7. The van der Waals surface area contributed by atoms with Gasteiger partial charge in [-0.15, -0.1) is 0 Å². The van der Waals surface area contributed by atoms with Crippen LogP contribution in [0.4, 0.5) is 10.5 Å². The van der Waals surface area contributed by atoms with E-state index in [-0.39, 0.29) is 56.4 Å². The summed E-state index contributed by atoms with van der Waals surface area (Å²) in [5, 5.41) is 34.5. The molecule has 2 saturated heterocycles. The number of halogens is 1. The van der Waals surface area contributed by atoms with Gasteiger partial charge < -0.3 is 68.3 Å². The second-order valence-corrected chi connectivity index (χ2v) is 19.1. The maximum atomic E-state index is 14.3. The minimum Gasteiger partial charge on any atom is -0.495 e. The van der Waals surface area contributed by atoms with E-state index in [1.807, 2.05) is 13.0 Å². The lowest BCUT2D eigenvalue weighted by Gasteiger charge is -2.42. The number of aliphatic hydroxyl groups is 2. The monoisotopic (exact) mass is 1030 g/mol. The zero-order valence-corrected chi connectivity index (χ0v) is 42.6. The molecule has 21 nitrogen and oxygen atoms in total. The molecule has 0 radical (unpaired) electrons. The number of epoxide rings is 1. The number of amides is 4. The molecule has 3 aliphatic heterocycles. The van der Waals surface area contributed by atoms with Crippen molar-refractivity contribution in [3.05, 3.63) is 46.5 Å². The molecular formula is C47H69ClN4O17S. The molecule has 0 spiro atoms. The SMILES string of the molecule is COc1cc2cc(c1Cl)N(C)C(=O)C[C@H](OC(=O)[C@H](C)N(C)C(=O)CCSCCOCCOCCOCCC(=O)NC(CO)C(=O)O)[C@]1(C)O[C@H]1[C@H](C)[C@@H]1C[C@@](O)(NC(=O)O1)[C@H](OC)/C=C/C=C(\C)C2. The van der Waals surface area contributed by atoms with Crippen molar-refractivity contribution in [3.8, 4) is 5.75 Å². The molecule has 0 aromatic heterocycles. The third kappa shape index (κ3) is 16.3. The quantitative estimate of drug-likeness (QED) is 0.0599. The molecule has 9 atom stereocenters. The van der Waals surface area contributed by atoms with Crippen LogP contribution < -0.4 is 20.3 Å². The van der Waals surface area contributed by atoms with Gasteiger partial charge in [-0.3, -0.25) is 19.7 Å². The molecule has 1 aromatic rings. The molecule has 3 heterocycles. The number of aliphatic hydroxyl groups excluding tert-OH is 1. The third-order valence-electron chi connectivity index (χ3n) is 12.4. The zero-order chi connectivity index (χ0) is 51.8. The molecule has 0 aliphatic carbocycles. The fraction of sp³-hybridized carbons (Fsp3) is 0.660. The Hall–Kier alpha value is -4.52. The van der Waals surface area contributed by atoms with Crippen molar-refractivity contribution in [2.24, 2.45) is 5.92 Å². The summed E-state index contributed by atoms with van der Waals surface area (Å²) in [5.74, 6) is -2.60. The molecule has 4 bridgehead atoms. The zero-order valence-electron chi connectivity index (χ0n) is 41.1. The summed E-state index contributed by atoms with van der Waals surface area (Å²) in [6.07, 6.45) is 0.650. The number of ether oxygens (including phenoxy) is 8. The molecule has 23 heteroatoms. The minimum absolute atomic E-state index is 0.0587. The number of aliphatic carboxylic acids is 1. The van der Waals surface area contributed by atoms with Crippen molar-refractivity contribution in [2.75, 3.05) is 91.0 Å². The largest absolute Gasteiger partial charge is 0.495 e. The molecule has 5 N–H and O–H groups in total. The Bertz CT molecular complexity index is 2050. The lowest BCUT2D eigenvalue weighted by Crippen LogP contribution is -2.63. The van der Waals surface area contributed by atoms with Crippen LogP contribution in [0.15, 0.2) is 35.9 Å². The average molecular weight is 1030 g/mol. The second kappa shape index (κ2) is 27.3. The highest BCUT2D eigenvalue weighted by Gasteiger charge is 2.64. The molecule has 1 unspecified atom stereocenters. The highest BCUT2D eigenvalue weighted by atomic mass is 35.5. The number of fused-ring (bicyclic) bond motifs is 5. The molecule has 4 amide bonds. The third-order valence-corrected chi connectivity index (χ3v) is 13.7. The molecular weight excluding hydrogens is 960 g/mol. The number of carbonyl (C=O) groups excluding carboxylic acids is 5. The fourth-order valence-electron chi connectivity index (χ4n) is 7.93. The molecule has 0 saturated carbocycles. The Morgan fingerprint density at radius 1 is 1.06 bits per heavy atom. The smallest absolute Gasteiger partial charge is 0.409 e. The van der Waals surface area contributed by atoms with Crippen LogP contribution in [0.2, 0.25) is 5.02 Å². The van der Waals surface area contributed by atoms with Crippen LogP contribution >= 0.6 is 23.4 Å². The van der Waals surface area contributed by atoms with Crippen molar-refractivity contribution in [3.63, 3.8) is 0 Å². The highest BCUT2D eigenvalue weighted by Crippen LogP contribution is 2.49. The molecule has 3 aliphatic rings. The standard InChI is InChI=1S/C47H69ClN4O17S/c1-28-10-9-11-36(63-8)47(61)26-35(67-45(60)50-47)29(2)42-46(4,69-42)37(25-40(56)52(6)33-23-31(22-28)24-34(62-7)41(33)48)68-44(59)30(3)51(5)39(55)13-20-70-21-19-66-18-17-65-16-15-64-14-12-38(54)49-32(27-53)43(57)58/h9-11,23-24,29-30,32,35-37,42,53,61H,12-22,25-27H2,1-8H3,(H,49,54)(H,50,60)(H,57,58)/b11-9+,28-10+/t29-,30+,32?,35+,36-,37+,42+,46+,47+/m1/s1. The van der Waals surface area contributed by atoms with E-state index in [2.05, 4.69) is 10.6 Å². The Kier molecular flexibility index (Phi) is 22.7. The van der Waals surface area contributed by atoms with Gasteiger partial charge in [0.1, 0.15) is 46.8 Å². The van der Waals surface area contributed by atoms with Gasteiger partial charge in [0, 0.05) is 57.9 Å². The second-order valence-electron chi connectivity index (χ2n) is 17.5. The number of anilines is 1. The predicted molar refractivity (Wildman–Crippen MR) is 257 cm³/mol. The first-order valence-corrected chi connectivity index (χ1v) is 24.5. The van der Waals surface area contributed by atoms with Crippen LogP contribution in [0.5, 0.6) is 5.75 Å². The minimum atomic E-state index is -1.86. The van der Waals surface area contributed by atoms with Crippen molar-refractivity contribution in [1.29, 1.82) is 0 Å². The number of carboxylic acids is 1. The predicted octanol–water partition coefficient (Wildman–Crippen LogP) is 2.64. The van der Waals surface area contributed by atoms with Gasteiger partial charge in [0.15, 0.2) is 5.72 Å². The maximum absolute atomic E-state index is 14.3. The average Bonchev–Trinajstić information content (AvgIpc) is 4.02. The van der Waals surface area contributed by atoms with Crippen LogP contribution in [0, 0.1) is 5.92 Å². The lowest BCUT2D eigenvalue weighted by molar-refractivity contribution is -0.162. The van der Waals surface area contributed by atoms with Crippen LogP contribution in [0.1, 0.15) is 58.9 Å². The molecule has 392 valence electrons. The first-order chi connectivity index (χ1) is 33.2. The summed E-state index contributed by atoms with van der Waals surface area (Å²) >= 11 is 8.29. The number of esters is 1. The summed E-state index contributed by atoms with van der Waals surface area (Å²) in [6, 6.07) is 1.14. The van der Waals surface area contributed by atoms with Crippen molar-refractivity contribution in [1.82, 2.24) is 15.5 Å². The van der Waals surface area contributed by atoms with E-state index in [1.54, 1.807) is 45.2 Å². The number of carbonyl (C=O) groups is 6. The molecule has 70 heavy (non-hydrogen) atoms. The summed E-state index contributed by atoms with van der Waals surface area (Å²) in [4.78, 5) is 79.8. The van der Waals surface area contributed by atoms with Crippen LogP contribution in [0.3, 0.4) is 0 Å². The number of nitrogens with zero attached hydrogens (tertiary/aromatic N) is 2. The number of alkyl carbamates (subject to hydrolysis) is 1. The molecule has 1 aromatic carbocycles. The topological polar surface area (TPSA) is 271 Å². The van der Waals surface area contributed by atoms with Crippen molar-refractivity contribution in [2.45, 2.75) is 108 Å². The van der Waals surface area contributed by atoms with E-state index in [1.165, 1.54) is 49.8 Å². The number of allylic oxidation sites excluding steroid dienone is 3. The summed E-state index contributed by atoms with van der Waals surface area (Å²) in [5.41, 5.74) is -1.08. The van der Waals surface area contributed by atoms with E-state index < -0.39 is 90.2 Å². The van der Waals surface area contributed by atoms with Gasteiger partial charge in [0.25, 0.3) is 0 Å². The van der Waals surface area contributed by atoms with E-state index in [4.69, 9.17) is 59.7 Å². The van der Waals surface area contributed by atoms with Gasteiger partial charge in [0.05, 0.1) is 71.6 Å². The number of thioether (sulfide) groups is 1. The van der Waals surface area contributed by atoms with Crippen molar-refractivity contribution >= 4 is 64.8 Å². The normalized spacial score (nSPS) is 26.8. The lowest BCUT2D eigenvalue weighted by atomic mass is 9.83. The van der Waals surface area contributed by atoms with Gasteiger partial charge in [-0.2, -0.15) is 11.8 Å². The molecule has 2 fully saturated rings. The van der Waals surface area contributed by atoms with E-state index in [0.717, 1.165) is 11.1 Å². The fourth-order valence-corrected chi connectivity index (χ4v) is 9.00. The Balaban J connectivity index is 1.34. The van der Waals surface area contributed by atoms with Gasteiger partial charge in [-0.05, 0) is 44.9 Å². The Morgan fingerprint density at radius 2 is 1.73 bits per heavy atom. The van der Waals surface area contributed by atoms with Gasteiger partial charge >= 0.3 is 18.0 Å². The van der Waals surface area contributed by atoms with Gasteiger partial charge in [-0.25, -0.2) is 14.4 Å². The number of carboxylic acid groups (broad SMARTS) is 1. The first kappa shape index (κ1) is 58.1. The van der Waals surface area contributed by atoms with Gasteiger partial charge in [-0.1, -0.05) is 42.3 Å². The Morgan fingerprint density at radius 3 is 2.37 bits per heavy atom. The van der Waals surface area contributed by atoms with Crippen LogP contribution in [0.25, 0.3) is 0 Å². The first-order valence-electron chi connectivity index (χ1n) is 23.0. The Labute approximate surface area is 417 Å². The van der Waals surface area contributed by atoms with E-state index >= 15 is 0 Å². The summed E-state index contributed by atoms with van der Waals surface area (Å²) in [6.45, 7) is 7.77. The number of rotatable bonds is 23.